The van der Waals surface area contributed by atoms with Crippen molar-refractivity contribution < 1.29 is 34.2 Å². The van der Waals surface area contributed by atoms with Crippen molar-refractivity contribution in [1.29, 1.82) is 0 Å². The third kappa shape index (κ3) is 9.43. The predicted octanol–water partition coefficient (Wildman–Crippen LogP) is -1.45. The molecule has 3 unspecified atom stereocenters. The van der Waals surface area contributed by atoms with Crippen LogP contribution in [0.15, 0.2) is 54.6 Å². The summed E-state index contributed by atoms with van der Waals surface area (Å²) in [7, 11) is 0. The second-order valence-electron chi connectivity index (χ2n) is 8.07. The Labute approximate surface area is 207 Å². The Hall–Kier alpha value is -4.45. The summed E-state index contributed by atoms with van der Waals surface area (Å²) in [6.45, 7) is -0.545. The van der Waals surface area contributed by atoms with Crippen molar-refractivity contribution in [3.05, 3.63) is 65.7 Å². The fourth-order valence-electron chi connectivity index (χ4n) is 3.25. The Morgan fingerprint density at radius 3 is 1.97 bits per heavy atom. The topological polar surface area (TPSA) is 214 Å². The Morgan fingerprint density at radius 2 is 1.39 bits per heavy atom. The van der Waals surface area contributed by atoms with E-state index in [4.69, 9.17) is 11.5 Å². The van der Waals surface area contributed by atoms with Crippen LogP contribution in [0.3, 0.4) is 0 Å². The minimum absolute atomic E-state index is 0.00704. The molecular formula is C24H29N5O7. The lowest BCUT2D eigenvalue weighted by molar-refractivity contribution is -0.142. The highest BCUT2D eigenvalue weighted by atomic mass is 16.4. The molecule has 2 aromatic rings. The second-order valence-corrected chi connectivity index (χ2v) is 8.07. The molecular weight excluding hydrogens is 470 g/mol. The zero-order chi connectivity index (χ0) is 26.7. The molecule has 0 radical (unpaired) electrons. The molecule has 12 nitrogen and oxygen atoms in total. The number of nitrogens with one attached hydrogen (secondary N) is 3. The van der Waals surface area contributed by atoms with Crippen LogP contribution in [-0.2, 0) is 36.8 Å². The summed E-state index contributed by atoms with van der Waals surface area (Å²) in [5.41, 5.74) is 11.8. The van der Waals surface area contributed by atoms with Gasteiger partial charge in [0.1, 0.15) is 17.8 Å². The highest BCUT2D eigenvalue weighted by molar-refractivity contribution is 5.93. The summed E-state index contributed by atoms with van der Waals surface area (Å²) in [6, 6.07) is 10.9. The van der Waals surface area contributed by atoms with Crippen LogP contribution in [0.4, 0.5) is 0 Å². The van der Waals surface area contributed by atoms with Crippen molar-refractivity contribution >= 4 is 29.6 Å². The highest BCUT2D eigenvalue weighted by Gasteiger charge is 2.27. The van der Waals surface area contributed by atoms with Crippen LogP contribution in [-0.4, -0.2) is 64.5 Å². The lowest BCUT2D eigenvalue weighted by Gasteiger charge is -2.22. The predicted molar refractivity (Wildman–Crippen MR) is 128 cm³/mol. The van der Waals surface area contributed by atoms with Gasteiger partial charge >= 0.3 is 5.97 Å². The van der Waals surface area contributed by atoms with Gasteiger partial charge in [0.2, 0.25) is 23.6 Å². The van der Waals surface area contributed by atoms with E-state index in [1.165, 1.54) is 12.1 Å². The maximum absolute atomic E-state index is 13.0. The van der Waals surface area contributed by atoms with Crippen LogP contribution >= 0.6 is 0 Å². The molecule has 0 saturated heterocycles. The summed E-state index contributed by atoms with van der Waals surface area (Å²) >= 11 is 0. The number of carbonyl (C=O) groups is 5. The molecule has 0 fully saturated rings. The van der Waals surface area contributed by atoms with Gasteiger partial charge in [-0.15, -0.1) is 0 Å². The van der Waals surface area contributed by atoms with Gasteiger partial charge in [-0.1, -0.05) is 42.5 Å². The zero-order valence-electron chi connectivity index (χ0n) is 19.3. The third-order valence-corrected chi connectivity index (χ3v) is 5.11. The molecule has 2 aromatic carbocycles. The molecule has 0 aliphatic heterocycles. The first kappa shape index (κ1) is 27.8. The van der Waals surface area contributed by atoms with E-state index >= 15 is 0 Å². The van der Waals surface area contributed by atoms with Crippen molar-refractivity contribution in [2.24, 2.45) is 11.5 Å². The van der Waals surface area contributed by atoms with Gasteiger partial charge in [-0.25, -0.2) is 4.79 Å². The van der Waals surface area contributed by atoms with Crippen LogP contribution in [0.2, 0.25) is 0 Å². The van der Waals surface area contributed by atoms with Gasteiger partial charge < -0.3 is 37.6 Å². The maximum Gasteiger partial charge on any atom is 0.326 e. The highest BCUT2D eigenvalue weighted by Crippen LogP contribution is 2.12. The fourth-order valence-corrected chi connectivity index (χ4v) is 3.25. The number of carbonyl (C=O) groups excluding carboxylic acids is 4. The van der Waals surface area contributed by atoms with E-state index in [9.17, 15) is 34.2 Å². The van der Waals surface area contributed by atoms with Crippen LogP contribution in [0.25, 0.3) is 0 Å². The monoisotopic (exact) mass is 499 g/mol. The molecule has 2 rings (SSSR count). The fraction of sp³-hybridized carbons (Fsp3) is 0.292. The van der Waals surface area contributed by atoms with Crippen molar-refractivity contribution in [2.75, 3.05) is 6.54 Å². The number of carboxylic acid groups (broad SMARTS) is 1. The number of amides is 4. The van der Waals surface area contributed by atoms with E-state index < -0.39 is 60.7 Å². The SMILES string of the molecule is NC(=O)CC(N)C(=O)NCC(=O)NC(Cc1ccc(O)cc1)C(=O)NC(Cc1ccccc1)C(=O)O. The first-order valence-electron chi connectivity index (χ1n) is 11.0. The Bertz CT molecular complexity index is 1080. The van der Waals surface area contributed by atoms with Crippen molar-refractivity contribution in [2.45, 2.75) is 37.4 Å². The smallest absolute Gasteiger partial charge is 0.326 e. The Morgan fingerprint density at radius 1 is 0.806 bits per heavy atom. The molecule has 0 saturated carbocycles. The number of hydrogen-bond acceptors (Lipinski definition) is 7. The van der Waals surface area contributed by atoms with Crippen molar-refractivity contribution in [3.8, 4) is 5.75 Å². The number of primary amides is 1. The summed E-state index contributed by atoms with van der Waals surface area (Å²) < 4.78 is 0. The van der Waals surface area contributed by atoms with Gasteiger partial charge in [0.25, 0.3) is 0 Å². The lowest BCUT2D eigenvalue weighted by Crippen LogP contribution is -2.55. The zero-order valence-corrected chi connectivity index (χ0v) is 19.3. The first-order chi connectivity index (χ1) is 17.0. The molecule has 0 aliphatic carbocycles. The molecule has 0 bridgehead atoms. The number of phenols is 1. The first-order valence-corrected chi connectivity index (χ1v) is 11.0. The molecule has 3 atom stereocenters. The number of phenolic OH excluding ortho intramolecular Hbond substituents is 1. The molecule has 0 heterocycles. The van der Waals surface area contributed by atoms with Crippen LogP contribution < -0.4 is 27.4 Å². The second kappa shape index (κ2) is 13.4. The Balaban J connectivity index is 2.10. The molecule has 0 aliphatic rings. The quantitative estimate of drug-likeness (QED) is 0.173. The van der Waals surface area contributed by atoms with E-state index in [1.54, 1.807) is 42.5 Å². The molecule has 4 amide bonds. The van der Waals surface area contributed by atoms with E-state index in [1.807, 2.05) is 0 Å². The number of aliphatic carboxylic acids is 1. The van der Waals surface area contributed by atoms with E-state index in [0.717, 1.165) is 0 Å². The lowest BCUT2D eigenvalue weighted by atomic mass is 10.0. The third-order valence-electron chi connectivity index (χ3n) is 5.11. The normalized spacial score (nSPS) is 13.0. The van der Waals surface area contributed by atoms with Gasteiger partial charge in [-0.05, 0) is 23.3 Å². The number of aromatic hydroxyl groups is 1. The number of nitrogens with two attached hydrogens (primary N) is 2. The minimum atomic E-state index is -1.26. The summed E-state index contributed by atoms with van der Waals surface area (Å²) in [4.78, 5) is 60.1. The number of carboxylic acids is 1. The number of rotatable bonds is 13. The van der Waals surface area contributed by atoms with Gasteiger partial charge in [0.05, 0.1) is 19.0 Å². The molecule has 0 spiro atoms. The molecule has 9 N–H and O–H groups in total. The van der Waals surface area contributed by atoms with Gasteiger partial charge in [0.15, 0.2) is 0 Å². The van der Waals surface area contributed by atoms with Gasteiger partial charge in [-0.3, -0.25) is 19.2 Å². The van der Waals surface area contributed by atoms with E-state index in [-0.39, 0.29) is 18.6 Å². The van der Waals surface area contributed by atoms with E-state index in [0.29, 0.717) is 11.1 Å². The van der Waals surface area contributed by atoms with Crippen LogP contribution in [0.1, 0.15) is 17.5 Å². The molecule has 192 valence electrons. The van der Waals surface area contributed by atoms with E-state index in [2.05, 4.69) is 16.0 Å². The van der Waals surface area contributed by atoms with Crippen molar-refractivity contribution in [1.82, 2.24) is 16.0 Å². The van der Waals surface area contributed by atoms with Crippen molar-refractivity contribution in [3.63, 3.8) is 0 Å². The standard InChI is InChI=1S/C24H29N5O7/c25-17(12-20(26)31)22(33)27-13-21(32)28-18(10-15-6-8-16(30)9-7-15)23(34)29-19(24(35)36)11-14-4-2-1-3-5-14/h1-9,17-19,30H,10-13,25H2,(H2,26,31)(H,27,33)(H,28,32)(H,29,34)(H,35,36). The average Bonchev–Trinajstić information content (AvgIpc) is 2.83. The van der Waals surface area contributed by atoms with Crippen LogP contribution in [0, 0.1) is 0 Å². The van der Waals surface area contributed by atoms with Gasteiger partial charge in [-0.2, -0.15) is 0 Å². The van der Waals surface area contributed by atoms with Crippen LogP contribution in [0.5, 0.6) is 5.75 Å². The Kier molecular flexibility index (Phi) is 10.4. The minimum Gasteiger partial charge on any atom is -0.508 e. The molecule has 36 heavy (non-hydrogen) atoms. The molecule has 12 heteroatoms. The molecule has 0 aromatic heterocycles. The maximum atomic E-state index is 13.0. The summed E-state index contributed by atoms with van der Waals surface area (Å²) in [5, 5.41) is 26.3. The largest absolute Gasteiger partial charge is 0.508 e. The number of hydrogen-bond donors (Lipinski definition) is 7. The van der Waals surface area contributed by atoms with Gasteiger partial charge in [0, 0.05) is 12.8 Å². The summed E-state index contributed by atoms with van der Waals surface area (Å²) in [6.07, 6.45) is -0.405. The average molecular weight is 500 g/mol. The summed E-state index contributed by atoms with van der Waals surface area (Å²) in [5.74, 6) is -4.31. The number of benzene rings is 2.